The molecule has 7 nitrogen and oxygen atoms in total. The lowest BCUT2D eigenvalue weighted by Gasteiger charge is -2.22. The summed E-state index contributed by atoms with van der Waals surface area (Å²) in [6.07, 6.45) is 6.42. The highest BCUT2D eigenvalue weighted by Gasteiger charge is 2.40. The van der Waals surface area contributed by atoms with Gasteiger partial charge in [0.05, 0.1) is 17.7 Å². The van der Waals surface area contributed by atoms with E-state index in [1.165, 1.54) is 6.33 Å². The fourth-order valence-electron chi connectivity index (χ4n) is 3.26. The Bertz CT molecular complexity index is 661. The van der Waals surface area contributed by atoms with Gasteiger partial charge in [0.25, 0.3) is 5.91 Å². The minimum Gasteiger partial charge on any atom is -0.380 e. The van der Waals surface area contributed by atoms with E-state index in [9.17, 15) is 4.79 Å². The number of H-pyrrole nitrogens is 2. The average Bonchev–Trinajstić information content (AvgIpc) is 3.02. The third-order valence-electron chi connectivity index (χ3n) is 4.60. The molecule has 2 atom stereocenters. The number of methoxy groups -OCH3 is 1. The molecule has 1 amide bonds. The van der Waals surface area contributed by atoms with Gasteiger partial charge in [0, 0.05) is 32.0 Å². The molecule has 0 unspecified atom stereocenters. The first-order valence-electron chi connectivity index (χ1n) is 7.64. The lowest BCUT2D eigenvalue weighted by Crippen LogP contribution is -2.32. The van der Waals surface area contributed by atoms with Gasteiger partial charge in [-0.2, -0.15) is 5.10 Å². The van der Waals surface area contributed by atoms with Crippen LogP contribution in [0.3, 0.4) is 0 Å². The second-order valence-electron chi connectivity index (χ2n) is 6.02. The third kappa shape index (κ3) is 2.21. The zero-order valence-corrected chi connectivity index (χ0v) is 12.5. The zero-order valence-electron chi connectivity index (χ0n) is 12.5. The Kier molecular flexibility index (Phi) is 3.22. The molecule has 2 fully saturated rings. The van der Waals surface area contributed by atoms with E-state index in [0.29, 0.717) is 12.5 Å². The fraction of sp³-hybridized carbons (Fsp3) is 0.533. The first-order valence-corrected chi connectivity index (χ1v) is 7.64. The van der Waals surface area contributed by atoms with E-state index in [-0.39, 0.29) is 18.1 Å². The van der Waals surface area contributed by atoms with E-state index in [2.05, 4.69) is 20.2 Å². The van der Waals surface area contributed by atoms with Crippen LogP contribution in [0, 0.1) is 0 Å². The topological polar surface area (TPSA) is 86.9 Å². The van der Waals surface area contributed by atoms with Crippen LogP contribution in [0.15, 0.2) is 18.6 Å². The van der Waals surface area contributed by atoms with Crippen molar-refractivity contribution in [1.82, 2.24) is 25.1 Å². The Morgan fingerprint density at radius 3 is 3.00 bits per heavy atom. The predicted octanol–water partition coefficient (Wildman–Crippen LogP) is 1.61. The normalized spacial score (nSPS) is 24.9. The molecular formula is C15H19N5O2. The molecule has 3 heterocycles. The lowest BCUT2D eigenvalue weighted by molar-refractivity contribution is 0.0683. The molecular weight excluding hydrogens is 282 g/mol. The molecule has 0 aromatic carbocycles. The Hall–Kier alpha value is -2.15. The van der Waals surface area contributed by atoms with Gasteiger partial charge in [-0.25, -0.2) is 4.98 Å². The molecule has 4 rings (SSSR count). The van der Waals surface area contributed by atoms with Crippen LogP contribution in [0.2, 0.25) is 0 Å². The summed E-state index contributed by atoms with van der Waals surface area (Å²) in [7, 11) is 1.68. The Labute approximate surface area is 128 Å². The number of rotatable bonds is 4. The summed E-state index contributed by atoms with van der Waals surface area (Å²) in [4.78, 5) is 22.3. The van der Waals surface area contributed by atoms with Crippen molar-refractivity contribution in [2.24, 2.45) is 0 Å². The number of hydrogen-bond donors (Lipinski definition) is 2. The number of ether oxygens (including phenoxy) is 1. The highest BCUT2D eigenvalue weighted by Crippen LogP contribution is 2.42. The molecule has 116 valence electrons. The summed E-state index contributed by atoms with van der Waals surface area (Å²) in [5.74, 6) is 1.28. The third-order valence-corrected chi connectivity index (χ3v) is 4.60. The molecule has 22 heavy (non-hydrogen) atoms. The molecule has 7 heteroatoms. The van der Waals surface area contributed by atoms with Gasteiger partial charge in [0.2, 0.25) is 0 Å². The van der Waals surface area contributed by atoms with E-state index < -0.39 is 0 Å². The van der Waals surface area contributed by atoms with Crippen LogP contribution in [-0.2, 0) is 4.74 Å². The van der Waals surface area contributed by atoms with E-state index in [1.54, 1.807) is 7.11 Å². The van der Waals surface area contributed by atoms with Crippen molar-refractivity contribution in [2.75, 3.05) is 13.7 Å². The molecule has 2 N–H and O–H groups in total. The van der Waals surface area contributed by atoms with Gasteiger partial charge < -0.3 is 14.6 Å². The van der Waals surface area contributed by atoms with Gasteiger partial charge in [-0.3, -0.25) is 9.89 Å². The minimum absolute atomic E-state index is 0.0300. The fourth-order valence-corrected chi connectivity index (χ4v) is 3.26. The highest BCUT2D eigenvalue weighted by atomic mass is 16.5. The van der Waals surface area contributed by atoms with Crippen LogP contribution in [0.1, 0.15) is 53.1 Å². The molecule has 1 aliphatic carbocycles. The number of likely N-dealkylation sites (tertiary alicyclic amines) is 1. The molecule has 2 aliphatic rings. The molecule has 1 aliphatic heterocycles. The molecule has 2 aromatic heterocycles. The quantitative estimate of drug-likeness (QED) is 0.898. The number of carbonyl (C=O) groups excluding carboxylic acids is 1. The van der Waals surface area contributed by atoms with Crippen molar-refractivity contribution in [3.63, 3.8) is 0 Å². The largest absolute Gasteiger partial charge is 0.380 e. The van der Waals surface area contributed by atoms with Gasteiger partial charge in [-0.1, -0.05) is 0 Å². The number of aromatic amines is 2. The average molecular weight is 301 g/mol. The van der Waals surface area contributed by atoms with Crippen molar-refractivity contribution >= 4 is 5.91 Å². The van der Waals surface area contributed by atoms with Gasteiger partial charge in [-0.05, 0) is 24.8 Å². The summed E-state index contributed by atoms with van der Waals surface area (Å²) >= 11 is 0. The molecule has 1 saturated heterocycles. The Morgan fingerprint density at radius 1 is 1.45 bits per heavy atom. The van der Waals surface area contributed by atoms with Crippen molar-refractivity contribution in [1.29, 1.82) is 0 Å². The van der Waals surface area contributed by atoms with E-state index >= 15 is 0 Å². The summed E-state index contributed by atoms with van der Waals surface area (Å²) in [6, 6.07) is 1.77. The van der Waals surface area contributed by atoms with E-state index in [4.69, 9.17) is 4.74 Å². The summed E-state index contributed by atoms with van der Waals surface area (Å²) < 4.78 is 5.46. The monoisotopic (exact) mass is 301 g/mol. The Balaban J connectivity index is 1.63. The van der Waals surface area contributed by atoms with Crippen LogP contribution in [0.5, 0.6) is 0 Å². The maximum absolute atomic E-state index is 13.0. The standard InChI is InChI=1S/C15H19N5O2/c1-22-10-6-12(14-17-8-18-19-14)20(7-10)15(21)11-4-5-16-13(11)9-2-3-9/h4-5,8-10,12,16H,2-3,6-7H2,1H3,(H,17,18,19)/t10-,12+/m1/s1. The van der Waals surface area contributed by atoms with Gasteiger partial charge >= 0.3 is 0 Å². The molecule has 0 spiro atoms. The number of aromatic nitrogens is 4. The second-order valence-corrected chi connectivity index (χ2v) is 6.02. The molecule has 0 bridgehead atoms. The van der Waals surface area contributed by atoms with Crippen molar-refractivity contribution in [2.45, 2.75) is 37.3 Å². The van der Waals surface area contributed by atoms with Crippen LogP contribution >= 0.6 is 0 Å². The van der Waals surface area contributed by atoms with E-state index in [0.717, 1.165) is 36.3 Å². The number of carbonyl (C=O) groups is 1. The minimum atomic E-state index is -0.109. The van der Waals surface area contributed by atoms with Gasteiger partial charge in [0.1, 0.15) is 12.2 Å². The SMILES string of the molecule is CO[C@@H]1C[C@@H](c2ncn[nH]2)N(C(=O)c2cc[nH]c2C2CC2)C1. The molecule has 2 aromatic rings. The predicted molar refractivity (Wildman–Crippen MR) is 78.3 cm³/mol. The first-order chi connectivity index (χ1) is 10.8. The smallest absolute Gasteiger partial charge is 0.256 e. The van der Waals surface area contributed by atoms with Gasteiger partial charge in [0.15, 0.2) is 0 Å². The summed E-state index contributed by atoms with van der Waals surface area (Å²) in [6.45, 7) is 0.579. The summed E-state index contributed by atoms with van der Waals surface area (Å²) in [5, 5.41) is 6.79. The Morgan fingerprint density at radius 2 is 2.32 bits per heavy atom. The van der Waals surface area contributed by atoms with Crippen LogP contribution < -0.4 is 0 Å². The van der Waals surface area contributed by atoms with Gasteiger partial charge in [-0.15, -0.1) is 0 Å². The van der Waals surface area contributed by atoms with Crippen LogP contribution in [0.25, 0.3) is 0 Å². The second kappa shape index (κ2) is 5.24. The number of nitrogens with one attached hydrogen (secondary N) is 2. The number of amides is 1. The summed E-state index contributed by atoms with van der Waals surface area (Å²) in [5.41, 5.74) is 1.85. The maximum atomic E-state index is 13.0. The van der Waals surface area contributed by atoms with Crippen LogP contribution in [-0.4, -0.2) is 50.7 Å². The zero-order chi connectivity index (χ0) is 15.1. The molecule has 1 saturated carbocycles. The van der Waals surface area contributed by atoms with Crippen molar-refractivity contribution in [3.8, 4) is 0 Å². The van der Waals surface area contributed by atoms with E-state index in [1.807, 2.05) is 17.2 Å². The molecule has 0 radical (unpaired) electrons. The van der Waals surface area contributed by atoms with Crippen molar-refractivity contribution in [3.05, 3.63) is 35.7 Å². The lowest BCUT2D eigenvalue weighted by atomic mass is 10.1. The van der Waals surface area contributed by atoms with Crippen LogP contribution in [0.4, 0.5) is 0 Å². The maximum Gasteiger partial charge on any atom is 0.256 e. The van der Waals surface area contributed by atoms with Crippen molar-refractivity contribution < 1.29 is 9.53 Å². The number of hydrogen-bond acceptors (Lipinski definition) is 4. The first kappa shape index (κ1) is 13.5. The number of nitrogens with zero attached hydrogens (tertiary/aromatic N) is 3. The highest BCUT2D eigenvalue weighted by molar-refractivity contribution is 5.96.